The van der Waals surface area contributed by atoms with E-state index in [9.17, 15) is 18.4 Å². The lowest BCUT2D eigenvalue weighted by atomic mass is 10.2. The van der Waals surface area contributed by atoms with E-state index in [0.29, 0.717) is 16.4 Å². The summed E-state index contributed by atoms with van der Waals surface area (Å²) < 4.78 is 27.9. The molecule has 2 aromatic carbocycles. The molecule has 0 radical (unpaired) electrons. The molecule has 0 saturated heterocycles. The Kier molecular flexibility index (Phi) is 6.68. The van der Waals surface area contributed by atoms with E-state index in [1.807, 2.05) is 0 Å². The molecule has 30 heavy (non-hydrogen) atoms. The van der Waals surface area contributed by atoms with E-state index in [4.69, 9.17) is 0 Å². The molecule has 0 aliphatic carbocycles. The third-order valence-corrected chi connectivity index (χ3v) is 5.09. The van der Waals surface area contributed by atoms with Gasteiger partial charge in [-0.15, -0.1) is 11.3 Å². The van der Waals surface area contributed by atoms with Crippen molar-refractivity contribution in [1.29, 1.82) is 0 Å². The Labute approximate surface area is 176 Å². The first kappa shape index (κ1) is 21.3. The molecular weight excluding hydrogens is 408 g/mol. The standard InChI is InChI=1S/C22H19F2N3O2S/c1-15(28)27(20-10-6-5-9-19(20)24)22-25-17(14-30-22)11-12-21(29)26(2)13-16-7-3-4-8-18(16)23/h3-12,14H,13H2,1-2H3/b12-11+. The molecule has 0 spiro atoms. The zero-order chi connectivity index (χ0) is 21.7. The first-order chi connectivity index (χ1) is 14.4. The smallest absolute Gasteiger partial charge is 0.246 e. The SMILES string of the molecule is CC(=O)N(c1nc(/C=C/C(=O)N(C)Cc2ccccc2F)cs1)c1ccccc1F. The highest BCUT2D eigenvalue weighted by atomic mass is 32.1. The van der Waals surface area contributed by atoms with Crippen LogP contribution in [0, 0.1) is 11.6 Å². The number of nitrogens with zero attached hydrogens (tertiary/aromatic N) is 3. The van der Waals surface area contributed by atoms with E-state index in [-0.39, 0.29) is 29.9 Å². The molecule has 0 atom stereocenters. The highest BCUT2D eigenvalue weighted by molar-refractivity contribution is 7.14. The van der Waals surface area contributed by atoms with Crippen molar-refractivity contribution >= 4 is 40.0 Å². The number of amides is 2. The Morgan fingerprint density at radius 2 is 1.73 bits per heavy atom. The third kappa shape index (κ3) is 4.96. The number of para-hydroxylation sites is 1. The van der Waals surface area contributed by atoms with Gasteiger partial charge < -0.3 is 4.90 Å². The lowest BCUT2D eigenvalue weighted by Gasteiger charge is -2.18. The van der Waals surface area contributed by atoms with Crippen molar-refractivity contribution in [3.05, 3.63) is 82.9 Å². The van der Waals surface area contributed by atoms with Crippen LogP contribution < -0.4 is 4.90 Å². The number of benzene rings is 2. The van der Waals surface area contributed by atoms with E-state index >= 15 is 0 Å². The van der Waals surface area contributed by atoms with Crippen molar-refractivity contribution in [3.8, 4) is 0 Å². The maximum atomic E-state index is 14.1. The fraction of sp³-hybridized carbons (Fsp3) is 0.136. The summed E-state index contributed by atoms with van der Waals surface area (Å²) in [6.07, 6.45) is 2.82. The van der Waals surface area contributed by atoms with Gasteiger partial charge in [-0.2, -0.15) is 0 Å². The normalized spacial score (nSPS) is 10.9. The van der Waals surface area contributed by atoms with Gasteiger partial charge in [0.05, 0.1) is 11.4 Å². The topological polar surface area (TPSA) is 53.5 Å². The van der Waals surface area contributed by atoms with Crippen LogP contribution in [-0.4, -0.2) is 28.7 Å². The Balaban J connectivity index is 1.73. The van der Waals surface area contributed by atoms with Gasteiger partial charge in [-0.1, -0.05) is 30.3 Å². The van der Waals surface area contributed by atoms with Crippen molar-refractivity contribution in [2.24, 2.45) is 0 Å². The lowest BCUT2D eigenvalue weighted by Crippen LogP contribution is -2.24. The fourth-order valence-corrected chi connectivity index (χ4v) is 3.59. The average molecular weight is 427 g/mol. The molecule has 2 amide bonds. The fourth-order valence-electron chi connectivity index (χ4n) is 2.74. The number of halogens is 2. The third-order valence-electron chi connectivity index (χ3n) is 4.25. The monoisotopic (exact) mass is 427 g/mol. The maximum absolute atomic E-state index is 14.1. The molecule has 5 nitrogen and oxygen atoms in total. The minimum Gasteiger partial charge on any atom is -0.338 e. The van der Waals surface area contributed by atoms with Gasteiger partial charge in [-0.3, -0.25) is 14.5 Å². The Hall–Kier alpha value is -3.39. The number of carbonyl (C=O) groups excluding carboxylic acids is 2. The number of thiazole rings is 1. The van der Waals surface area contributed by atoms with Crippen LogP contribution in [-0.2, 0) is 16.1 Å². The summed E-state index contributed by atoms with van der Waals surface area (Å²) in [5, 5.41) is 1.95. The summed E-state index contributed by atoms with van der Waals surface area (Å²) in [6, 6.07) is 12.2. The molecule has 0 N–H and O–H groups in total. The minimum atomic E-state index is -0.537. The number of hydrogen-bond donors (Lipinski definition) is 0. The molecular formula is C22H19F2N3O2S. The van der Waals surface area contributed by atoms with Gasteiger partial charge in [0, 0.05) is 37.5 Å². The second-order valence-corrected chi connectivity index (χ2v) is 7.32. The van der Waals surface area contributed by atoms with E-state index in [0.717, 1.165) is 11.3 Å². The number of rotatable bonds is 6. The minimum absolute atomic E-state index is 0.107. The zero-order valence-corrected chi connectivity index (χ0v) is 17.2. The van der Waals surface area contributed by atoms with E-state index in [2.05, 4.69) is 4.98 Å². The highest BCUT2D eigenvalue weighted by Gasteiger charge is 2.20. The second kappa shape index (κ2) is 9.41. The lowest BCUT2D eigenvalue weighted by molar-refractivity contribution is -0.125. The van der Waals surface area contributed by atoms with Gasteiger partial charge in [0.15, 0.2) is 5.13 Å². The second-order valence-electron chi connectivity index (χ2n) is 6.48. The summed E-state index contributed by atoms with van der Waals surface area (Å²) in [5.74, 6) is -1.62. The largest absolute Gasteiger partial charge is 0.338 e. The summed E-state index contributed by atoms with van der Waals surface area (Å²) >= 11 is 1.16. The van der Waals surface area contributed by atoms with Crippen LogP contribution >= 0.6 is 11.3 Å². The van der Waals surface area contributed by atoms with Crippen molar-refractivity contribution in [2.75, 3.05) is 11.9 Å². The van der Waals surface area contributed by atoms with Gasteiger partial charge in [-0.25, -0.2) is 13.8 Å². The van der Waals surface area contributed by atoms with Crippen LogP contribution in [0.2, 0.25) is 0 Å². The van der Waals surface area contributed by atoms with Crippen LogP contribution in [0.5, 0.6) is 0 Å². The molecule has 0 bridgehead atoms. The Bertz CT molecular complexity index is 1100. The molecule has 0 fully saturated rings. The van der Waals surface area contributed by atoms with Gasteiger partial charge in [0.2, 0.25) is 11.8 Å². The van der Waals surface area contributed by atoms with Gasteiger partial charge in [0.25, 0.3) is 0 Å². The molecule has 0 aliphatic heterocycles. The predicted octanol–water partition coefficient (Wildman–Crippen LogP) is 4.78. The summed E-state index contributed by atoms with van der Waals surface area (Å²) in [5.41, 5.74) is 0.973. The van der Waals surface area contributed by atoms with Gasteiger partial charge >= 0.3 is 0 Å². The molecule has 8 heteroatoms. The molecule has 1 aromatic heterocycles. The van der Waals surface area contributed by atoms with E-state index in [1.54, 1.807) is 36.7 Å². The van der Waals surface area contributed by atoms with E-state index < -0.39 is 5.82 Å². The van der Waals surface area contributed by atoms with Gasteiger partial charge in [0.1, 0.15) is 11.6 Å². The number of anilines is 2. The molecule has 0 unspecified atom stereocenters. The predicted molar refractivity (Wildman–Crippen MR) is 113 cm³/mol. The van der Waals surface area contributed by atoms with Crippen molar-refractivity contribution in [1.82, 2.24) is 9.88 Å². The molecule has 3 aromatic rings. The Morgan fingerprint density at radius 1 is 1.07 bits per heavy atom. The number of likely N-dealkylation sites (N-methyl/N-ethyl adjacent to an activating group) is 1. The van der Waals surface area contributed by atoms with Crippen molar-refractivity contribution in [3.63, 3.8) is 0 Å². The maximum Gasteiger partial charge on any atom is 0.246 e. The van der Waals surface area contributed by atoms with Crippen LogP contribution in [0.25, 0.3) is 6.08 Å². The number of carbonyl (C=O) groups is 2. The van der Waals surface area contributed by atoms with Gasteiger partial charge in [-0.05, 0) is 24.3 Å². The molecule has 3 rings (SSSR count). The van der Waals surface area contributed by atoms with E-state index in [1.165, 1.54) is 53.1 Å². The summed E-state index contributed by atoms with van der Waals surface area (Å²) in [7, 11) is 1.57. The molecule has 1 heterocycles. The molecule has 0 saturated carbocycles. The number of hydrogen-bond acceptors (Lipinski definition) is 4. The summed E-state index contributed by atoms with van der Waals surface area (Å²) in [6.45, 7) is 1.45. The Morgan fingerprint density at radius 3 is 2.40 bits per heavy atom. The quantitative estimate of drug-likeness (QED) is 0.532. The molecule has 154 valence electrons. The highest BCUT2D eigenvalue weighted by Crippen LogP contribution is 2.31. The average Bonchev–Trinajstić information content (AvgIpc) is 3.17. The van der Waals surface area contributed by atoms with Crippen LogP contribution in [0.15, 0.2) is 60.0 Å². The van der Waals surface area contributed by atoms with Crippen molar-refractivity contribution in [2.45, 2.75) is 13.5 Å². The first-order valence-corrected chi connectivity index (χ1v) is 9.92. The van der Waals surface area contributed by atoms with Crippen LogP contribution in [0.4, 0.5) is 19.6 Å². The van der Waals surface area contributed by atoms with Crippen LogP contribution in [0.1, 0.15) is 18.2 Å². The molecule has 0 aliphatic rings. The number of aromatic nitrogens is 1. The zero-order valence-electron chi connectivity index (χ0n) is 16.4. The summed E-state index contributed by atoms with van der Waals surface area (Å²) in [4.78, 5) is 31.3. The van der Waals surface area contributed by atoms with Crippen LogP contribution in [0.3, 0.4) is 0 Å². The van der Waals surface area contributed by atoms with Crippen molar-refractivity contribution < 1.29 is 18.4 Å². The first-order valence-electron chi connectivity index (χ1n) is 9.04.